The molecule has 0 saturated carbocycles. The molecular formula is C15H18BNO3. The number of hydrogen-bond acceptors (Lipinski definition) is 3. The number of amides is 1. The van der Waals surface area contributed by atoms with Crippen LogP contribution in [0.25, 0.3) is 10.8 Å². The van der Waals surface area contributed by atoms with Crippen LogP contribution in [0.2, 0.25) is 0 Å². The third-order valence-electron chi connectivity index (χ3n) is 3.40. The van der Waals surface area contributed by atoms with Gasteiger partial charge in [-0.2, -0.15) is 0 Å². The summed E-state index contributed by atoms with van der Waals surface area (Å²) < 4.78 is 0. The predicted molar refractivity (Wildman–Crippen MR) is 82.1 cm³/mol. The van der Waals surface area contributed by atoms with Crippen molar-refractivity contribution in [3.8, 4) is 0 Å². The molecule has 2 aromatic carbocycles. The molecule has 0 aromatic heterocycles. The lowest BCUT2D eigenvalue weighted by atomic mass is 9.77. The zero-order valence-corrected chi connectivity index (χ0v) is 11.7. The molecule has 0 aliphatic heterocycles. The van der Waals surface area contributed by atoms with Crippen molar-refractivity contribution in [2.75, 3.05) is 11.4 Å². The van der Waals surface area contributed by atoms with Crippen LogP contribution < -0.4 is 10.4 Å². The van der Waals surface area contributed by atoms with Crippen LogP contribution in [0.1, 0.15) is 20.3 Å². The van der Waals surface area contributed by atoms with Gasteiger partial charge in [0.15, 0.2) is 0 Å². The number of benzene rings is 2. The summed E-state index contributed by atoms with van der Waals surface area (Å²) in [5.41, 5.74) is 0.944. The van der Waals surface area contributed by atoms with Crippen molar-refractivity contribution in [1.29, 1.82) is 0 Å². The van der Waals surface area contributed by atoms with Crippen LogP contribution in [-0.4, -0.2) is 29.6 Å². The van der Waals surface area contributed by atoms with E-state index in [1.165, 1.54) is 0 Å². The van der Waals surface area contributed by atoms with Gasteiger partial charge < -0.3 is 14.9 Å². The van der Waals surface area contributed by atoms with E-state index in [1.807, 2.05) is 37.3 Å². The quantitative estimate of drug-likeness (QED) is 0.823. The molecule has 0 bridgehead atoms. The van der Waals surface area contributed by atoms with Gasteiger partial charge in [-0.1, -0.05) is 43.3 Å². The third-order valence-corrected chi connectivity index (χ3v) is 3.40. The van der Waals surface area contributed by atoms with E-state index in [1.54, 1.807) is 17.9 Å². The summed E-state index contributed by atoms with van der Waals surface area (Å²) in [6.45, 7) is 4.16. The Labute approximate surface area is 118 Å². The molecule has 0 unspecified atom stereocenters. The minimum absolute atomic E-state index is 0.0363. The number of anilines is 1. The number of fused-ring (bicyclic) bond motifs is 1. The number of carbonyl (C=O) groups excluding carboxylic acids is 1. The summed E-state index contributed by atoms with van der Waals surface area (Å²) in [5, 5.41) is 21.0. The monoisotopic (exact) mass is 271 g/mol. The molecule has 0 atom stereocenters. The van der Waals surface area contributed by atoms with Gasteiger partial charge in [0, 0.05) is 23.8 Å². The van der Waals surface area contributed by atoms with Crippen LogP contribution in [0, 0.1) is 0 Å². The lowest BCUT2D eigenvalue weighted by Crippen LogP contribution is -2.40. The first-order chi connectivity index (χ1) is 9.60. The Bertz CT molecular complexity index is 628. The van der Waals surface area contributed by atoms with E-state index in [0.717, 1.165) is 10.8 Å². The fourth-order valence-corrected chi connectivity index (χ4v) is 2.43. The van der Waals surface area contributed by atoms with Crippen LogP contribution in [0.5, 0.6) is 0 Å². The van der Waals surface area contributed by atoms with E-state index < -0.39 is 7.12 Å². The fourth-order valence-electron chi connectivity index (χ4n) is 2.43. The van der Waals surface area contributed by atoms with Gasteiger partial charge >= 0.3 is 7.12 Å². The van der Waals surface area contributed by atoms with Crippen molar-refractivity contribution in [2.45, 2.75) is 20.3 Å². The lowest BCUT2D eigenvalue weighted by molar-refractivity contribution is -0.118. The predicted octanol–water partition coefficient (Wildman–Crippen LogP) is 1.28. The highest BCUT2D eigenvalue weighted by atomic mass is 16.4. The first-order valence-corrected chi connectivity index (χ1v) is 6.78. The maximum absolute atomic E-state index is 12.1. The minimum atomic E-state index is -1.60. The average molecular weight is 271 g/mol. The van der Waals surface area contributed by atoms with Gasteiger partial charge in [-0.05, 0) is 12.3 Å². The second-order valence-electron chi connectivity index (χ2n) is 4.59. The molecule has 0 aliphatic rings. The molecule has 0 aliphatic carbocycles. The number of carbonyl (C=O) groups is 1. The molecule has 0 heterocycles. The Kier molecular flexibility index (Phi) is 4.42. The number of hydrogen-bond donors (Lipinski definition) is 2. The van der Waals surface area contributed by atoms with Gasteiger partial charge in [-0.15, -0.1) is 0 Å². The van der Waals surface area contributed by atoms with Crippen molar-refractivity contribution in [2.24, 2.45) is 0 Å². The van der Waals surface area contributed by atoms with Crippen molar-refractivity contribution < 1.29 is 14.8 Å². The lowest BCUT2D eigenvalue weighted by Gasteiger charge is -2.25. The normalized spacial score (nSPS) is 10.6. The van der Waals surface area contributed by atoms with Gasteiger partial charge in [0.25, 0.3) is 0 Å². The Hall–Kier alpha value is -1.85. The molecular weight excluding hydrogens is 253 g/mol. The molecule has 104 valence electrons. The average Bonchev–Trinajstić information content (AvgIpc) is 2.47. The van der Waals surface area contributed by atoms with E-state index in [-0.39, 0.29) is 5.91 Å². The standard InChI is InChI=1S/C15H18BNO3/c1-3-14(18)17(4-2)15-12-8-6-5-7-11(12)9-10-13(15)16(19)20/h5-10,19-20H,3-4H2,1-2H3. The van der Waals surface area contributed by atoms with Crippen LogP contribution >= 0.6 is 0 Å². The van der Waals surface area contributed by atoms with E-state index in [2.05, 4.69) is 0 Å². The van der Waals surface area contributed by atoms with Crippen LogP contribution in [-0.2, 0) is 4.79 Å². The zero-order valence-electron chi connectivity index (χ0n) is 11.7. The molecule has 0 fully saturated rings. The van der Waals surface area contributed by atoms with Crippen molar-refractivity contribution in [1.82, 2.24) is 0 Å². The number of nitrogens with zero attached hydrogens (tertiary/aromatic N) is 1. The van der Waals surface area contributed by atoms with Gasteiger partial charge in [0.05, 0.1) is 5.69 Å². The third kappa shape index (κ3) is 2.55. The van der Waals surface area contributed by atoms with Crippen molar-refractivity contribution >= 4 is 34.9 Å². The van der Waals surface area contributed by atoms with Gasteiger partial charge in [-0.3, -0.25) is 4.79 Å². The smallest absolute Gasteiger partial charge is 0.423 e. The molecule has 2 rings (SSSR count). The molecule has 1 amide bonds. The van der Waals surface area contributed by atoms with Crippen molar-refractivity contribution in [3.05, 3.63) is 36.4 Å². The van der Waals surface area contributed by atoms with E-state index >= 15 is 0 Å². The van der Waals surface area contributed by atoms with Crippen molar-refractivity contribution in [3.63, 3.8) is 0 Å². The van der Waals surface area contributed by atoms with Crippen LogP contribution in [0.4, 0.5) is 5.69 Å². The summed E-state index contributed by atoms with van der Waals surface area (Å²) in [6, 6.07) is 11.1. The SMILES string of the molecule is CCC(=O)N(CC)c1c(B(O)O)ccc2ccccc12. The molecule has 2 aromatic rings. The van der Waals surface area contributed by atoms with Crippen LogP contribution in [0.15, 0.2) is 36.4 Å². The topological polar surface area (TPSA) is 60.8 Å². The van der Waals surface area contributed by atoms with Gasteiger partial charge in [0.1, 0.15) is 0 Å². The van der Waals surface area contributed by atoms with Gasteiger partial charge in [-0.25, -0.2) is 0 Å². The van der Waals surface area contributed by atoms with Gasteiger partial charge in [0.2, 0.25) is 5.91 Å². The van der Waals surface area contributed by atoms with E-state index in [0.29, 0.717) is 24.1 Å². The molecule has 0 spiro atoms. The molecule has 20 heavy (non-hydrogen) atoms. The first kappa shape index (κ1) is 14.6. The molecule has 5 heteroatoms. The maximum atomic E-state index is 12.1. The summed E-state index contributed by atoms with van der Waals surface area (Å²) in [5.74, 6) is -0.0363. The number of rotatable bonds is 4. The zero-order chi connectivity index (χ0) is 14.7. The highest BCUT2D eigenvalue weighted by Gasteiger charge is 2.24. The molecule has 0 saturated heterocycles. The van der Waals surface area contributed by atoms with E-state index in [4.69, 9.17) is 0 Å². The van der Waals surface area contributed by atoms with Crippen LogP contribution in [0.3, 0.4) is 0 Å². The largest absolute Gasteiger partial charge is 0.490 e. The Morgan fingerprint density at radius 2 is 1.85 bits per heavy atom. The first-order valence-electron chi connectivity index (χ1n) is 6.78. The second kappa shape index (κ2) is 6.07. The Morgan fingerprint density at radius 3 is 2.45 bits per heavy atom. The molecule has 0 radical (unpaired) electrons. The summed E-state index contributed by atoms with van der Waals surface area (Å²) >= 11 is 0. The highest BCUT2D eigenvalue weighted by molar-refractivity contribution is 6.61. The molecule has 4 nitrogen and oxygen atoms in total. The second-order valence-corrected chi connectivity index (χ2v) is 4.59. The summed E-state index contributed by atoms with van der Waals surface area (Å²) in [7, 11) is -1.60. The maximum Gasteiger partial charge on any atom is 0.490 e. The Balaban J connectivity index is 2.74. The molecule has 2 N–H and O–H groups in total. The fraction of sp³-hybridized carbons (Fsp3) is 0.267. The Morgan fingerprint density at radius 1 is 1.15 bits per heavy atom. The minimum Gasteiger partial charge on any atom is -0.423 e. The van der Waals surface area contributed by atoms with E-state index in [9.17, 15) is 14.8 Å². The summed E-state index contributed by atoms with van der Waals surface area (Å²) in [6.07, 6.45) is 0.373. The highest BCUT2D eigenvalue weighted by Crippen LogP contribution is 2.26. The summed E-state index contributed by atoms with van der Waals surface area (Å²) in [4.78, 5) is 13.7.